The summed E-state index contributed by atoms with van der Waals surface area (Å²) in [6.45, 7) is 8.23. The van der Waals surface area contributed by atoms with E-state index in [1.54, 1.807) is 0 Å². The van der Waals surface area contributed by atoms with Gasteiger partial charge < -0.3 is 13.7 Å². The normalized spacial score (nSPS) is 19.4. The molecule has 0 amide bonds. The largest absolute Gasteiger partial charge is 0.421 e. The summed E-state index contributed by atoms with van der Waals surface area (Å²) in [7, 11) is 0. The Morgan fingerprint density at radius 1 is 1.06 bits per heavy atom. The van der Waals surface area contributed by atoms with Crippen LogP contribution in [0.25, 0.3) is 27.9 Å². The summed E-state index contributed by atoms with van der Waals surface area (Å²) in [5, 5.41) is 1.49. The smallest absolute Gasteiger partial charge is 0.344 e. The maximum absolute atomic E-state index is 12.9. The third kappa shape index (κ3) is 3.11. The molecule has 0 radical (unpaired) electrons. The maximum Gasteiger partial charge on any atom is 0.344 e. The van der Waals surface area contributed by atoms with E-state index in [1.165, 1.54) is 19.4 Å². The van der Waals surface area contributed by atoms with Crippen LogP contribution in [0.15, 0.2) is 45.9 Å². The zero-order chi connectivity index (χ0) is 21.1. The molecule has 0 aliphatic carbocycles. The molecular weight excluding hydrogens is 390 g/mol. The van der Waals surface area contributed by atoms with E-state index in [-0.39, 0.29) is 5.63 Å². The number of hydrogen-bond acceptors (Lipinski definition) is 6. The first-order valence-electron chi connectivity index (χ1n) is 11.0. The first kappa shape index (κ1) is 18.6. The highest BCUT2D eigenvalue weighted by Gasteiger charge is 2.30. The van der Waals surface area contributed by atoms with E-state index in [9.17, 15) is 4.79 Å². The van der Waals surface area contributed by atoms with Gasteiger partial charge >= 0.3 is 5.63 Å². The monoisotopic (exact) mass is 415 g/mol. The van der Waals surface area contributed by atoms with E-state index in [1.807, 2.05) is 48.8 Å². The SMILES string of the molecule is Cc1cn2cc(-c3cc4ccc(N5CCN6CCC[C@H]6C5)cc4c(=O)o3)nc2c(C)n1. The Kier molecular flexibility index (Phi) is 4.14. The van der Waals surface area contributed by atoms with Gasteiger partial charge in [0.05, 0.1) is 16.8 Å². The van der Waals surface area contributed by atoms with E-state index in [4.69, 9.17) is 4.42 Å². The quantitative estimate of drug-likeness (QED) is 0.500. The molecule has 3 aromatic heterocycles. The predicted molar refractivity (Wildman–Crippen MR) is 121 cm³/mol. The molecule has 0 unspecified atom stereocenters. The lowest BCUT2D eigenvalue weighted by Crippen LogP contribution is -2.50. The van der Waals surface area contributed by atoms with Crippen LogP contribution in [0.2, 0.25) is 0 Å². The Labute approximate surface area is 179 Å². The standard InChI is InChI=1S/C24H25N5O2/c1-15-12-29-14-21(26-23(29)16(2)25-15)22-10-17-5-6-18(11-20(17)24(30)31-22)28-9-8-27-7-3-4-19(27)13-28/h5-6,10-12,14,19H,3-4,7-9,13H2,1-2H3/t19-/m0/s1. The first-order chi connectivity index (χ1) is 15.0. The minimum absolute atomic E-state index is 0.322. The molecule has 158 valence electrons. The Morgan fingerprint density at radius 3 is 2.87 bits per heavy atom. The summed E-state index contributed by atoms with van der Waals surface area (Å²) in [5.74, 6) is 0.477. The molecule has 6 rings (SSSR count). The van der Waals surface area contributed by atoms with Gasteiger partial charge in [0, 0.05) is 43.8 Å². The van der Waals surface area contributed by atoms with Gasteiger partial charge in [0.2, 0.25) is 0 Å². The van der Waals surface area contributed by atoms with Gasteiger partial charge in [-0.25, -0.2) is 9.78 Å². The lowest BCUT2D eigenvalue weighted by molar-refractivity contribution is 0.231. The van der Waals surface area contributed by atoms with E-state index in [2.05, 4.69) is 25.8 Å². The number of aromatic nitrogens is 3. The van der Waals surface area contributed by atoms with Crippen LogP contribution in [-0.4, -0.2) is 51.5 Å². The average Bonchev–Trinajstić information content (AvgIpc) is 3.40. The fraction of sp³-hybridized carbons (Fsp3) is 0.375. The van der Waals surface area contributed by atoms with Crippen LogP contribution in [0.4, 0.5) is 5.69 Å². The predicted octanol–water partition coefficient (Wildman–Crippen LogP) is 3.40. The van der Waals surface area contributed by atoms with Gasteiger partial charge in [-0.2, -0.15) is 0 Å². The molecule has 0 N–H and O–H groups in total. The molecule has 5 heterocycles. The van der Waals surface area contributed by atoms with Crippen molar-refractivity contribution in [2.45, 2.75) is 32.7 Å². The number of anilines is 1. The first-order valence-corrected chi connectivity index (χ1v) is 11.0. The highest BCUT2D eigenvalue weighted by Crippen LogP contribution is 2.29. The molecule has 7 nitrogen and oxygen atoms in total. The van der Waals surface area contributed by atoms with Crippen LogP contribution >= 0.6 is 0 Å². The Morgan fingerprint density at radius 2 is 1.97 bits per heavy atom. The fourth-order valence-corrected chi connectivity index (χ4v) is 5.14. The van der Waals surface area contributed by atoms with Crippen molar-refractivity contribution in [3.8, 4) is 11.5 Å². The summed E-state index contributed by atoms with van der Waals surface area (Å²) in [4.78, 5) is 27.0. The van der Waals surface area contributed by atoms with E-state index in [0.717, 1.165) is 47.7 Å². The van der Waals surface area contributed by atoms with E-state index >= 15 is 0 Å². The summed E-state index contributed by atoms with van der Waals surface area (Å²) < 4.78 is 7.64. The van der Waals surface area contributed by atoms with Gasteiger partial charge in [-0.15, -0.1) is 0 Å². The van der Waals surface area contributed by atoms with Crippen molar-refractivity contribution >= 4 is 22.1 Å². The Bertz CT molecular complexity index is 1370. The number of rotatable bonds is 2. The Balaban J connectivity index is 1.37. The summed E-state index contributed by atoms with van der Waals surface area (Å²) >= 11 is 0. The van der Waals surface area contributed by atoms with E-state index < -0.39 is 0 Å². The number of benzene rings is 1. The van der Waals surface area contributed by atoms with Crippen LogP contribution in [0.5, 0.6) is 0 Å². The number of imidazole rings is 1. The molecule has 0 spiro atoms. The van der Waals surface area contributed by atoms with Gasteiger partial charge in [0.15, 0.2) is 11.4 Å². The third-order valence-electron chi connectivity index (χ3n) is 6.68. The van der Waals surface area contributed by atoms with Crippen molar-refractivity contribution in [2.75, 3.05) is 31.1 Å². The van der Waals surface area contributed by atoms with Crippen molar-refractivity contribution in [3.63, 3.8) is 0 Å². The van der Waals surface area contributed by atoms with Gasteiger partial charge in [-0.3, -0.25) is 9.88 Å². The second-order valence-corrected chi connectivity index (χ2v) is 8.77. The lowest BCUT2D eigenvalue weighted by atomic mass is 10.1. The molecule has 2 aliphatic rings. The fourth-order valence-electron chi connectivity index (χ4n) is 5.14. The molecule has 2 fully saturated rings. The van der Waals surface area contributed by atoms with Gasteiger partial charge in [0.25, 0.3) is 0 Å². The van der Waals surface area contributed by atoms with Crippen LogP contribution in [0.1, 0.15) is 24.2 Å². The van der Waals surface area contributed by atoms with Crippen LogP contribution in [0, 0.1) is 13.8 Å². The van der Waals surface area contributed by atoms with Crippen LogP contribution in [0.3, 0.4) is 0 Å². The molecule has 4 aromatic rings. The van der Waals surface area contributed by atoms with Crippen molar-refractivity contribution in [3.05, 3.63) is 58.5 Å². The topological polar surface area (TPSA) is 66.9 Å². The maximum atomic E-state index is 12.9. The minimum atomic E-state index is -0.322. The highest BCUT2D eigenvalue weighted by molar-refractivity contribution is 5.87. The number of nitrogens with zero attached hydrogens (tertiary/aromatic N) is 5. The molecule has 1 aromatic carbocycles. The molecule has 2 aliphatic heterocycles. The number of hydrogen-bond donors (Lipinski definition) is 0. The second-order valence-electron chi connectivity index (χ2n) is 8.77. The van der Waals surface area contributed by atoms with Gasteiger partial charge in [-0.1, -0.05) is 6.07 Å². The van der Waals surface area contributed by atoms with Crippen molar-refractivity contribution < 1.29 is 4.42 Å². The molecule has 7 heteroatoms. The minimum Gasteiger partial charge on any atom is -0.421 e. The zero-order valence-electron chi connectivity index (χ0n) is 17.8. The lowest BCUT2D eigenvalue weighted by Gasteiger charge is -2.38. The summed E-state index contributed by atoms with van der Waals surface area (Å²) in [5.41, 5.74) is 3.95. The van der Waals surface area contributed by atoms with Crippen molar-refractivity contribution in [2.24, 2.45) is 0 Å². The molecule has 0 bridgehead atoms. The number of aryl methyl sites for hydroxylation is 2. The van der Waals surface area contributed by atoms with Crippen LogP contribution in [-0.2, 0) is 0 Å². The highest BCUT2D eigenvalue weighted by atomic mass is 16.4. The molecular formula is C24H25N5O2. The number of fused-ring (bicyclic) bond motifs is 3. The van der Waals surface area contributed by atoms with E-state index in [0.29, 0.717) is 22.9 Å². The molecule has 1 atom stereocenters. The van der Waals surface area contributed by atoms with Gasteiger partial charge in [-0.05, 0) is 56.8 Å². The van der Waals surface area contributed by atoms with Crippen molar-refractivity contribution in [1.29, 1.82) is 0 Å². The van der Waals surface area contributed by atoms with Gasteiger partial charge in [0.1, 0.15) is 5.69 Å². The van der Waals surface area contributed by atoms with Crippen LogP contribution < -0.4 is 10.5 Å². The molecule has 0 saturated carbocycles. The van der Waals surface area contributed by atoms with Crippen molar-refractivity contribution in [1.82, 2.24) is 19.3 Å². The second kappa shape index (κ2) is 6.92. The zero-order valence-corrected chi connectivity index (χ0v) is 17.8. The molecule has 2 saturated heterocycles. The Hall–Kier alpha value is -3.19. The third-order valence-corrected chi connectivity index (χ3v) is 6.68. The number of piperazine rings is 1. The summed E-state index contributed by atoms with van der Waals surface area (Å²) in [6.07, 6.45) is 6.37. The summed E-state index contributed by atoms with van der Waals surface area (Å²) in [6, 6.07) is 8.68. The molecule has 31 heavy (non-hydrogen) atoms. The average molecular weight is 415 g/mol.